The summed E-state index contributed by atoms with van der Waals surface area (Å²) in [6, 6.07) is 7.96. The molecule has 2 N–H and O–H groups in total. The van der Waals surface area contributed by atoms with Crippen LogP contribution in [0, 0.1) is 0 Å². The van der Waals surface area contributed by atoms with E-state index in [9.17, 15) is 18.0 Å². The molecule has 126 valence electrons. The van der Waals surface area contributed by atoms with Crippen LogP contribution in [-0.4, -0.2) is 54.8 Å². The molecule has 0 aromatic heterocycles. The third-order valence-electron chi connectivity index (χ3n) is 3.67. The van der Waals surface area contributed by atoms with Gasteiger partial charge in [0.05, 0.1) is 0 Å². The molecule has 1 aliphatic rings. The number of hydrogen-bond acceptors (Lipinski definition) is 5. The van der Waals surface area contributed by atoms with Crippen molar-refractivity contribution >= 4 is 22.1 Å². The minimum absolute atomic E-state index is 0.00712. The molecule has 2 amide bonds. The Balaban J connectivity index is 2.07. The first-order valence-electron chi connectivity index (χ1n) is 6.98. The standard InChI is InChI=1S/C14H18N2O6S/c1-15-13(17)12-7-11(23(19,20)21)8-16(12)14(18)22-9-10-5-3-2-4-6-10/h2-6,11-12H,7-9H2,1H3,(H,15,17)(H,19,20,21)/t11-,12+/m1/s1. The van der Waals surface area contributed by atoms with E-state index in [0.29, 0.717) is 0 Å². The largest absolute Gasteiger partial charge is 0.445 e. The summed E-state index contributed by atoms with van der Waals surface area (Å²) in [5.74, 6) is -0.507. The molecule has 1 heterocycles. The van der Waals surface area contributed by atoms with Crippen LogP contribution in [0.5, 0.6) is 0 Å². The van der Waals surface area contributed by atoms with Gasteiger partial charge in [0, 0.05) is 13.6 Å². The number of hydrogen-bond donors (Lipinski definition) is 2. The van der Waals surface area contributed by atoms with Crippen LogP contribution in [-0.2, 0) is 26.3 Å². The van der Waals surface area contributed by atoms with E-state index in [2.05, 4.69) is 5.32 Å². The third-order valence-corrected chi connectivity index (χ3v) is 4.86. The van der Waals surface area contributed by atoms with Crippen LogP contribution in [0.3, 0.4) is 0 Å². The average Bonchev–Trinajstić information content (AvgIpc) is 2.98. The average molecular weight is 342 g/mol. The first kappa shape index (κ1) is 17.2. The fraction of sp³-hybridized carbons (Fsp3) is 0.429. The lowest BCUT2D eigenvalue weighted by Gasteiger charge is -2.22. The molecule has 9 heteroatoms. The summed E-state index contributed by atoms with van der Waals surface area (Å²) in [6.45, 7) is -0.280. The smallest absolute Gasteiger partial charge is 0.410 e. The van der Waals surface area contributed by atoms with Gasteiger partial charge in [-0.2, -0.15) is 8.42 Å². The lowest BCUT2D eigenvalue weighted by Crippen LogP contribution is -2.45. The van der Waals surface area contributed by atoms with Crippen molar-refractivity contribution in [1.29, 1.82) is 0 Å². The maximum atomic E-state index is 12.2. The van der Waals surface area contributed by atoms with E-state index in [-0.39, 0.29) is 19.6 Å². The minimum Gasteiger partial charge on any atom is -0.445 e. The summed E-state index contributed by atoms with van der Waals surface area (Å²) >= 11 is 0. The van der Waals surface area contributed by atoms with Gasteiger partial charge >= 0.3 is 6.09 Å². The predicted octanol–water partition coefficient (Wildman–Crippen LogP) is 0.400. The predicted molar refractivity (Wildman–Crippen MR) is 81.1 cm³/mol. The van der Waals surface area contributed by atoms with Gasteiger partial charge in [0.15, 0.2) is 0 Å². The summed E-state index contributed by atoms with van der Waals surface area (Å²) in [7, 11) is -2.95. The van der Waals surface area contributed by atoms with Gasteiger partial charge in [-0.05, 0) is 12.0 Å². The van der Waals surface area contributed by atoms with Crippen LogP contribution >= 0.6 is 0 Å². The van der Waals surface area contributed by atoms with Gasteiger partial charge in [-0.15, -0.1) is 0 Å². The van der Waals surface area contributed by atoms with Crippen molar-refractivity contribution in [1.82, 2.24) is 10.2 Å². The van der Waals surface area contributed by atoms with Crippen LogP contribution in [0.2, 0.25) is 0 Å². The highest BCUT2D eigenvalue weighted by Gasteiger charge is 2.44. The summed E-state index contributed by atoms with van der Waals surface area (Å²) < 4.78 is 36.9. The van der Waals surface area contributed by atoms with E-state index in [1.54, 1.807) is 24.3 Å². The molecule has 0 unspecified atom stereocenters. The molecule has 1 aromatic carbocycles. The number of rotatable bonds is 4. The number of likely N-dealkylation sites (tertiary alicyclic amines) is 1. The number of carbonyl (C=O) groups excluding carboxylic acids is 2. The van der Waals surface area contributed by atoms with Crippen molar-refractivity contribution in [3.63, 3.8) is 0 Å². The Kier molecular flexibility index (Phi) is 5.22. The quantitative estimate of drug-likeness (QED) is 0.766. The van der Waals surface area contributed by atoms with Crippen molar-refractivity contribution in [3.8, 4) is 0 Å². The molecule has 2 rings (SSSR count). The van der Waals surface area contributed by atoms with Gasteiger partial charge in [0.1, 0.15) is 17.9 Å². The molecule has 1 saturated heterocycles. The lowest BCUT2D eigenvalue weighted by atomic mass is 10.2. The minimum atomic E-state index is -4.34. The fourth-order valence-corrected chi connectivity index (χ4v) is 3.21. The molecule has 0 aliphatic carbocycles. The highest BCUT2D eigenvalue weighted by Crippen LogP contribution is 2.24. The van der Waals surface area contributed by atoms with Crippen molar-refractivity contribution < 1.29 is 27.3 Å². The van der Waals surface area contributed by atoms with E-state index in [4.69, 9.17) is 9.29 Å². The zero-order valence-corrected chi connectivity index (χ0v) is 13.3. The van der Waals surface area contributed by atoms with E-state index in [1.807, 2.05) is 6.07 Å². The molecule has 0 saturated carbocycles. The maximum absolute atomic E-state index is 12.2. The molecule has 2 atom stereocenters. The molecular formula is C14H18N2O6S. The summed E-state index contributed by atoms with van der Waals surface area (Å²) in [5, 5.41) is 1.17. The van der Waals surface area contributed by atoms with Gasteiger partial charge in [-0.25, -0.2) is 4.79 Å². The molecule has 1 fully saturated rings. The lowest BCUT2D eigenvalue weighted by molar-refractivity contribution is -0.124. The SMILES string of the molecule is CNC(=O)[C@@H]1C[C@@H](S(=O)(=O)O)CN1C(=O)OCc1ccccc1. The number of nitrogens with zero attached hydrogens (tertiary/aromatic N) is 1. The molecule has 1 aliphatic heterocycles. The molecule has 8 nitrogen and oxygen atoms in total. The normalized spacial score (nSPS) is 21.0. The van der Waals surface area contributed by atoms with Gasteiger partial charge in [-0.3, -0.25) is 14.2 Å². The molecule has 0 bridgehead atoms. The second-order valence-electron chi connectivity index (χ2n) is 5.20. The van der Waals surface area contributed by atoms with Crippen molar-refractivity contribution in [2.45, 2.75) is 24.3 Å². The van der Waals surface area contributed by atoms with Crippen LogP contribution < -0.4 is 5.32 Å². The number of amides is 2. The number of likely N-dealkylation sites (N-methyl/N-ethyl adjacent to an activating group) is 1. The van der Waals surface area contributed by atoms with Crippen LogP contribution in [0.25, 0.3) is 0 Å². The summed E-state index contributed by atoms with van der Waals surface area (Å²) in [4.78, 5) is 25.0. The van der Waals surface area contributed by atoms with Crippen LogP contribution in [0.1, 0.15) is 12.0 Å². The second-order valence-corrected chi connectivity index (χ2v) is 6.89. The van der Waals surface area contributed by atoms with E-state index in [0.717, 1.165) is 10.5 Å². The Morgan fingerprint density at radius 2 is 2.00 bits per heavy atom. The van der Waals surface area contributed by atoms with Gasteiger partial charge in [0.2, 0.25) is 5.91 Å². The Labute approximate surface area is 134 Å². The summed E-state index contributed by atoms with van der Waals surface area (Å²) in [5.41, 5.74) is 0.767. The Hall–Kier alpha value is -2.13. The number of ether oxygens (including phenoxy) is 1. The molecule has 23 heavy (non-hydrogen) atoms. The zero-order valence-electron chi connectivity index (χ0n) is 12.5. The number of nitrogens with one attached hydrogen (secondary N) is 1. The fourth-order valence-electron chi connectivity index (χ4n) is 2.43. The van der Waals surface area contributed by atoms with E-state index in [1.165, 1.54) is 7.05 Å². The monoisotopic (exact) mass is 342 g/mol. The van der Waals surface area contributed by atoms with E-state index >= 15 is 0 Å². The van der Waals surface area contributed by atoms with Gasteiger partial charge in [-0.1, -0.05) is 30.3 Å². The molecular weight excluding hydrogens is 324 g/mol. The van der Waals surface area contributed by atoms with Gasteiger partial charge in [0.25, 0.3) is 10.1 Å². The third kappa shape index (κ3) is 4.20. The van der Waals surface area contributed by atoms with Crippen molar-refractivity contribution in [3.05, 3.63) is 35.9 Å². The topological polar surface area (TPSA) is 113 Å². The molecule has 0 radical (unpaired) electrons. The Bertz CT molecular complexity index is 676. The van der Waals surface area contributed by atoms with Crippen LogP contribution in [0.4, 0.5) is 4.79 Å². The Morgan fingerprint density at radius 3 is 2.57 bits per heavy atom. The van der Waals surface area contributed by atoms with Crippen molar-refractivity contribution in [2.24, 2.45) is 0 Å². The van der Waals surface area contributed by atoms with Gasteiger partial charge < -0.3 is 10.1 Å². The Morgan fingerprint density at radius 1 is 1.35 bits per heavy atom. The maximum Gasteiger partial charge on any atom is 0.410 e. The zero-order chi connectivity index (χ0) is 17.0. The summed E-state index contributed by atoms with van der Waals surface area (Å²) in [6.07, 6.45) is -0.965. The highest BCUT2D eigenvalue weighted by atomic mass is 32.2. The first-order valence-corrected chi connectivity index (χ1v) is 8.48. The molecule has 1 aromatic rings. The first-order chi connectivity index (χ1) is 10.8. The number of benzene rings is 1. The van der Waals surface area contributed by atoms with E-state index < -0.39 is 33.4 Å². The highest BCUT2D eigenvalue weighted by molar-refractivity contribution is 7.86. The molecule has 0 spiro atoms. The number of carbonyl (C=O) groups is 2. The van der Waals surface area contributed by atoms with Crippen LogP contribution in [0.15, 0.2) is 30.3 Å². The van der Waals surface area contributed by atoms with Crippen molar-refractivity contribution in [2.75, 3.05) is 13.6 Å². The second kappa shape index (κ2) is 6.97.